The Hall–Kier alpha value is -0.0500. The number of sulfone groups is 1. The van der Waals surface area contributed by atoms with Gasteiger partial charge in [0.25, 0.3) is 0 Å². The van der Waals surface area contributed by atoms with Crippen molar-refractivity contribution in [3.05, 3.63) is 0 Å². The summed E-state index contributed by atoms with van der Waals surface area (Å²) in [6.45, 7) is 0. The van der Waals surface area contributed by atoms with Crippen molar-refractivity contribution in [2.45, 2.75) is 49.0 Å². The first kappa shape index (κ1) is 7.59. The van der Waals surface area contributed by atoms with E-state index in [-0.39, 0.29) is 10.5 Å². The lowest BCUT2D eigenvalue weighted by molar-refractivity contribution is 0.578. The molecule has 2 aliphatic carbocycles. The van der Waals surface area contributed by atoms with Crippen LogP contribution in [0.25, 0.3) is 0 Å². The van der Waals surface area contributed by atoms with Crippen molar-refractivity contribution < 1.29 is 8.42 Å². The summed E-state index contributed by atoms with van der Waals surface area (Å²) in [4.78, 5) is 0. The Morgan fingerprint density at radius 1 is 0.818 bits per heavy atom. The van der Waals surface area contributed by atoms with Crippen molar-refractivity contribution in [1.29, 1.82) is 0 Å². The molecule has 0 atom stereocenters. The Bertz CT molecular complexity index is 233. The van der Waals surface area contributed by atoms with Gasteiger partial charge in [-0.15, -0.1) is 0 Å². The highest BCUT2D eigenvalue weighted by atomic mass is 32.2. The van der Waals surface area contributed by atoms with Crippen LogP contribution in [0, 0.1) is 0 Å². The highest BCUT2D eigenvalue weighted by Crippen LogP contribution is 2.36. The van der Waals surface area contributed by atoms with E-state index in [1.54, 1.807) is 0 Å². The Morgan fingerprint density at radius 2 is 1.27 bits per heavy atom. The van der Waals surface area contributed by atoms with Gasteiger partial charge in [-0.3, -0.25) is 0 Å². The molecule has 0 N–H and O–H groups in total. The maximum atomic E-state index is 11.6. The van der Waals surface area contributed by atoms with Crippen LogP contribution >= 0.6 is 0 Å². The molecule has 0 aliphatic heterocycles. The number of hydrogen-bond donors (Lipinski definition) is 0. The highest BCUT2D eigenvalue weighted by Gasteiger charge is 2.41. The van der Waals surface area contributed by atoms with E-state index in [1.807, 2.05) is 0 Å². The van der Waals surface area contributed by atoms with Crippen molar-refractivity contribution in [3.63, 3.8) is 0 Å². The predicted octanol–water partition coefficient (Wildman–Crippen LogP) is 1.51. The van der Waals surface area contributed by atoms with Crippen LogP contribution in [-0.4, -0.2) is 18.9 Å². The summed E-state index contributed by atoms with van der Waals surface area (Å²) in [5.74, 6) is 0. The molecule has 2 aliphatic rings. The molecule has 64 valence electrons. The van der Waals surface area contributed by atoms with Gasteiger partial charge in [-0.05, 0) is 25.7 Å². The van der Waals surface area contributed by atoms with E-state index in [1.165, 1.54) is 0 Å². The van der Waals surface area contributed by atoms with Gasteiger partial charge >= 0.3 is 0 Å². The number of hydrogen-bond acceptors (Lipinski definition) is 2. The smallest absolute Gasteiger partial charge is 0.156 e. The molecule has 0 saturated heterocycles. The molecule has 0 aromatic carbocycles. The van der Waals surface area contributed by atoms with Gasteiger partial charge in [0.15, 0.2) is 9.84 Å². The van der Waals surface area contributed by atoms with E-state index >= 15 is 0 Å². The van der Waals surface area contributed by atoms with Crippen LogP contribution in [0.4, 0.5) is 0 Å². The minimum atomic E-state index is -2.67. The first-order valence-electron chi connectivity index (χ1n) is 4.44. The summed E-state index contributed by atoms with van der Waals surface area (Å²) >= 11 is 0. The van der Waals surface area contributed by atoms with E-state index in [4.69, 9.17) is 0 Å². The molecule has 2 nitrogen and oxygen atoms in total. The van der Waals surface area contributed by atoms with Gasteiger partial charge in [0.1, 0.15) is 0 Å². The average molecular weight is 174 g/mol. The second-order valence-corrected chi connectivity index (χ2v) is 6.21. The molecular weight excluding hydrogens is 160 g/mol. The fourth-order valence-corrected chi connectivity index (χ4v) is 4.21. The first-order chi connectivity index (χ1) is 5.21. The van der Waals surface area contributed by atoms with Crippen LogP contribution in [0.15, 0.2) is 0 Å². The molecule has 0 bridgehead atoms. The van der Waals surface area contributed by atoms with Crippen LogP contribution in [0.2, 0.25) is 0 Å². The van der Waals surface area contributed by atoms with E-state index in [0.717, 1.165) is 38.5 Å². The maximum Gasteiger partial charge on any atom is 0.156 e. The second kappa shape index (κ2) is 2.47. The molecule has 0 heterocycles. The second-order valence-electron chi connectivity index (χ2n) is 3.69. The number of rotatable bonds is 2. The van der Waals surface area contributed by atoms with Crippen LogP contribution in [0.3, 0.4) is 0 Å². The standard InChI is InChI=1S/C8H14O2S/c9-11(10,8-5-6-8)7-3-1-2-4-7/h7-8H,1-6H2. The minimum absolute atomic E-state index is 0.0370. The molecular formula is C8H14O2S. The zero-order chi connectivity index (χ0) is 7.90. The minimum Gasteiger partial charge on any atom is -0.228 e. The summed E-state index contributed by atoms with van der Waals surface area (Å²) in [6, 6.07) is 0. The van der Waals surface area contributed by atoms with Gasteiger partial charge < -0.3 is 0 Å². The fourth-order valence-electron chi connectivity index (χ4n) is 1.89. The summed E-state index contributed by atoms with van der Waals surface area (Å²) in [5, 5.41) is 0.0978. The first-order valence-corrected chi connectivity index (χ1v) is 6.05. The SMILES string of the molecule is O=S(=O)(C1CCCC1)C1CC1. The van der Waals surface area contributed by atoms with E-state index in [0.29, 0.717) is 0 Å². The normalized spacial score (nSPS) is 27.6. The summed E-state index contributed by atoms with van der Waals surface area (Å²) < 4.78 is 23.2. The average Bonchev–Trinajstić information content (AvgIpc) is 2.66. The largest absolute Gasteiger partial charge is 0.228 e. The molecule has 0 unspecified atom stereocenters. The zero-order valence-corrected chi connectivity index (χ0v) is 7.44. The topological polar surface area (TPSA) is 34.1 Å². The maximum absolute atomic E-state index is 11.6. The molecule has 0 aromatic rings. The molecule has 2 saturated carbocycles. The third kappa shape index (κ3) is 1.31. The van der Waals surface area contributed by atoms with Crippen molar-refractivity contribution in [2.75, 3.05) is 0 Å². The van der Waals surface area contributed by atoms with Gasteiger partial charge in [0, 0.05) is 0 Å². The van der Waals surface area contributed by atoms with Gasteiger partial charge in [0.2, 0.25) is 0 Å². The summed E-state index contributed by atoms with van der Waals surface area (Å²) in [6.07, 6.45) is 5.96. The lowest BCUT2D eigenvalue weighted by atomic mass is 10.4. The molecule has 3 heteroatoms. The van der Waals surface area contributed by atoms with Crippen molar-refractivity contribution >= 4 is 9.84 Å². The van der Waals surface area contributed by atoms with Crippen LogP contribution in [0.5, 0.6) is 0 Å². The fraction of sp³-hybridized carbons (Fsp3) is 1.00. The van der Waals surface area contributed by atoms with Crippen molar-refractivity contribution in [3.8, 4) is 0 Å². The molecule has 0 spiro atoms. The monoisotopic (exact) mass is 174 g/mol. The van der Waals surface area contributed by atoms with Gasteiger partial charge in [-0.25, -0.2) is 8.42 Å². The van der Waals surface area contributed by atoms with Gasteiger partial charge in [-0.2, -0.15) is 0 Å². The molecule has 11 heavy (non-hydrogen) atoms. The van der Waals surface area contributed by atoms with E-state index in [9.17, 15) is 8.42 Å². The lowest BCUT2D eigenvalue weighted by Crippen LogP contribution is -2.21. The van der Waals surface area contributed by atoms with E-state index in [2.05, 4.69) is 0 Å². The molecule has 2 fully saturated rings. The third-order valence-corrected chi connectivity index (χ3v) is 5.56. The predicted molar refractivity (Wildman–Crippen MR) is 44.2 cm³/mol. The van der Waals surface area contributed by atoms with Gasteiger partial charge in [0.05, 0.1) is 10.5 Å². The Balaban J connectivity index is 2.12. The summed E-state index contributed by atoms with van der Waals surface area (Å²) in [7, 11) is -2.67. The van der Waals surface area contributed by atoms with Crippen molar-refractivity contribution in [1.82, 2.24) is 0 Å². The highest BCUT2D eigenvalue weighted by molar-refractivity contribution is 7.92. The molecule has 0 amide bonds. The quantitative estimate of drug-likeness (QED) is 0.636. The zero-order valence-electron chi connectivity index (χ0n) is 6.62. The van der Waals surface area contributed by atoms with Crippen LogP contribution < -0.4 is 0 Å². The van der Waals surface area contributed by atoms with E-state index < -0.39 is 9.84 Å². The Labute approximate surface area is 67.9 Å². The Morgan fingerprint density at radius 3 is 1.73 bits per heavy atom. The molecule has 2 rings (SSSR count). The lowest BCUT2D eigenvalue weighted by Gasteiger charge is -2.08. The third-order valence-electron chi connectivity index (χ3n) is 2.76. The van der Waals surface area contributed by atoms with Gasteiger partial charge in [-0.1, -0.05) is 12.8 Å². The molecule has 0 aromatic heterocycles. The molecule has 0 radical (unpaired) electrons. The van der Waals surface area contributed by atoms with Crippen molar-refractivity contribution in [2.24, 2.45) is 0 Å². The van der Waals surface area contributed by atoms with Crippen LogP contribution in [-0.2, 0) is 9.84 Å². The van der Waals surface area contributed by atoms with Crippen LogP contribution in [0.1, 0.15) is 38.5 Å². The Kier molecular flexibility index (Phi) is 1.71. The summed E-state index contributed by atoms with van der Waals surface area (Å²) in [5.41, 5.74) is 0.